The summed E-state index contributed by atoms with van der Waals surface area (Å²) in [7, 11) is 3.12. The van der Waals surface area contributed by atoms with E-state index in [9.17, 15) is 4.79 Å². The molecule has 6 nitrogen and oxygen atoms in total. The lowest BCUT2D eigenvalue weighted by molar-refractivity contribution is 0.103. The second-order valence-electron chi connectivity index (χ2n) is 5.73. The van der Waals surface area contributed by atoms with Gasteiger partial charge in [0.25, 0.3) is 5.91 Å². The molecular formula is C18H18ClN3O3S. The molecule has 0 aliphatic rings. The predicted octanol–water partition coefficient (Wildman–Crippen LogP) is 4.37. The number of rotatable bonds is 5. The molecule has 136 valence electrons. The van der Waals surface area contributed by atoms with Gasteiger partial charge in [0.05, 0.1) is 17.4 Å². The van der Waals surface area contributed by atoms with Gasteiger partial charge in [-0.05, 0) is 43.2 Å². The van der Waals surface area contributed by atoms with Crippen LogP contribution in [0.2, 0.25) is 5.02 Å². The van der Waals surface area contributed by atoms with E-state index in [1.54, 1.807) is 32.4 Å². The van der Waals surface area contributed by atoms with Crippen molar-refractivity contribution in [3.05, 3.63) is 45.1 Å². The second-order valence-corrected chi connectivity index (χ2v) is 7.17. The number of carbonyl (C=O) groups excluding carboxylic acids is 1. The van der Waals surface area contributed by atoms with Crippen LogP contribution in [0.4, 0.5) is 5.69 Å². The zero-order valence-electron chi connectivity index (χ0n) is 14.8. The molecule has 26 heavy (non-hydrogen) atoms. The number of methoxy groups -OCH3 is 2. The monoisotopic (exact) mass is 391 g/mol. The molecule has 0 unspecified atom stereocenters. The fourth-order valence-corrected chi connectivity index (χ4v) is 3.96. The molecule has 0 bridgehead atoms. The maximum absolute atomic E-state index is 12.8. The highest BCUT2D eigenvalue weighted by atomic mass is 35.5. The maximum Gasteiger partial charge on any atom is 0.266 e. The SMILES string of the molecule is COCc1nc(OC)c2c(C)c(C(=O)Nc3ccc(Cl)cc3C)sc2n1. The molecule has 0 radical (unpaired) electrons. The van der Waals surface area contributed by atoms with Crippen molar-refractivity contribution >= 4 is 44.7 Å². The van der Waals surface area contributed by atoms with Gasteiger partial charge in [-0.3, -0.25) is 4.79 Å². The normalized spacial score (nSPS) is 11.0. The van der Waals surface area contributed by atoms with Gasteiger partial charge in [-0.2, -0.15) is 4.98 Å². The molecule has 2 heterocycles. The van der Waals surface area contributed by atoms with Crippen LogP contribution < -0.4 is 10.1 Å². The van der Waals surface area contributed by atoms with E-state index in [0.717, 1.165) is 22.2 Å². The molecule has 8 heteroatoms. The van der Waals surface area contributed by atoms with Crippen molar-refractivity contribution < 1.29 is 14.3 Å². The second kappa shape index (κ2) is 7.57. The van der Waals surface area contributed by atoms with Gasteiger partial charge in [0.2, 0.25) is 5.88 Å². The van der Waals surface area contributed by atoms with Crippen molar-refractivity contribution in [3.8, 4) is 5.88 Å². The van der Waals surface area contributed by atoms with E-state index in [1.165, 1.54) is 11.3 Å². The Morgan fingerprint density at radius 1 is 1.27 bits per heavy atom. The smallest absolute Gasteiger partial charge is 0.266 e. The number of ether oxygens (including phenoxy) is 2. The largest absolute Gasteiger partial charge is 0.480 e. The fourth-order valence-electron chi connectivity index (χ4n) is 2.65. The quantitative estimate of drug-likeness (QED) is 0.699. The molecule has 1 aromatic carbocycles. The average Bonchev–Trinajstić information content (AvgIpc) is 2.94. The highest BCUT2D eigenvalue weighted by Gasteiger charge is 2.21. The topological polar surface area (TPSA) is 73.3 Å². The number of nitrogens with zero attached hydrogens (tertiary/aromatic N) is 2. The third-order valence-electron chi connectivity index (χ3n) is 3.91. The number of fused-ring (bicyclic) bond motifs is 1. The van der Waals surface area contributed by atoms with Crippen molar-refractivity contribution in [2.75, 3.05) is 19.5 Å². The first kappa shape index (κ1) is 18.6. The lowest BCUT2D eigenvalue weighted by Crippen LogP contribution is -2.12. The van der Waals surface area contributed by atoms with E-state index < -0.39 is 0 Å². The summed E-state index contributed by atoms with van der Waals surface area (Å²) in [6.07, 6.45) is 0. The molecule has 2 aromatic heterocycles. The third kappa shape index (κ3) is 3.51. The van der Waals surface area contributed by atoms with Gasteiger partial charge >= 0.3 is 0 Å². The minimum absolute atomic E-state index is 0.203. The van der Waals surface area contributed by atoms with Crippen molar-refractivity contribution in [2.45, 2.75) is 20.5 Å². The summed E-state index contributed by atoms with van der Waals surface area (Å²) in [6.45, 7) is 4.03. The highest BCUT2D eigenvalue weighted by molar-refractivity contribution is 7.20. The number of aryl methyl sites for hydroxylation is 2. The number of hydrogen-bond acceptors (Lipinski definition) is 6. The number of amides is 1. The average molecular weight is 392 g/mol. The minimum Gasteiger partial charge on any atom is -0.480 e. The van der Waals surface area contributed by atoms with Crippen molar-refractivity contribution in [2.24, 2.45) is 0 Å². The van der Waals surface area contributed by atoms with Gasteiger partial charge in [-0.15, -0.1) is 11.3 Å². The van der Waals surface area contributed by atoms with E-state index in [2.05, 4.69) is 15.3 Å². The highest BCUT2D eigenvalue weighted by Crippen LogP contribution is 2.35. The molecule has 0 saturated heterocycles. The van der Waals surface area contributed by atoms with Gasteiger partial charge in [-0.25, -0.2) is 4.98 Å². The summed E-state index contributed by atoms with van der Waals surface area (Å²) in [5.41, 5.74) is 2.40. The summed E-state index contributed by atoms with van der Waals surface area (Å²) in [6, 6.07) is 5.34. The van der Waals surface area contributed by atoms with Crippen LogP contribution in [-0.2, 0) is 11.3 Å². The Kier molecular flexibility index (Phi) is 5.41. The fraction of sp³-hybridized carbons (Fsp3) is 0.278. The van der Waals surface area contributed by atoms with Crippen LogP contribution >= 0.6 is 22.9 Å². The molecule has 3 rings (SSSR count). The number of thiophene rings is 1. The molecule has 0 aliphatic heterocycles. The summed E-state index contributed by atoms with van der Waals surface area (Å²) in [4.78, 5) is 22.9. The predicted molar refractivity (Wildman–Crippen MR) is 104 cm³/mol. The van der Waals surface area contributed by atoms with Crippen LogP contribution in [0, 0.1) is 13.8 Å². The first-order valence-corrected chi connectivity index (χ1v) is 9.04. The van der Waals surface area contributed by atoms with Crippen molar-refractivity contribution in [3.63, 3.8) is 0 Å². The molecule has 0 spiro atoms. The van der Waals surface area contributed by atoms with E-state index in [1.807, 2.05) is 13.8 Å². The number of aromatic nitrogens is 2. The lowest BCUT2D eigenvalue weighted by atomic mass is 10.1. The van der Waals surface area contributed by atoms with Gasteiger partial charge in [0, 0.05) is 17.8 Å². The van der Waals surface area contributed by atoms with Crippen LogP contribution in [0.25, 0.3) is 10.2 Å². The van der Waals surface area contributed by atoms with Gasteiger partial charge in [0.1, 0.15) is 11.4 Å². The Bertz CT molecular complexity index is 987. The third-order valence-corrected chi connectivity index (χ3v) is 5.33. The molecule has 0 atom stereocenters. The standard InChI is InChI=1S/C18H18ClN3O3S/c1-9-7-11(19)5-6-12(9)20-16(23)15-10(2)14-17(25-4)21-13(8-24-3)22-18(14)26-15/h5-7H,8H2,1-4H3,(H,20,23). The zero-order chi connectivity index (χ0) is 18.8. The summed E-state index contributed by atoms with van der Waals surface area (Å²) in [5, 5.41) is 4.31. The Balaban J connectivity index is 2.01. The van der Waals surface area contributed by atoms with Crippen molar-refractivity contribution in [1.29, 1.82) is 0 Å². The molecule has 0 aliphatic carbocycles. The first-order valence-electron chi connectivity index (χ1n) is 7.85. The maximum atomic E-state index is 12.8. The number of hydrogen-bond donors (Lipinski definition) is 1. The van der Waals surface area contributed by atoms with Gasteiger partial charge < -0.3 is 14.8 Å². The molecule has 0 saturated carbocycles. The van der Waals surface area contributed by atoms with Gasteiger partial charge in [-0.1, -0.05) is 11.6 Å². The number of anilines is 1. The van der Waals surface area contributed by atoms with E-state index in [-0.39, 0.29) is 12.5 Å². The van der Waals surface area contributed by atoms with Gasteiger partial charge in [0.15, 0.2) is 5.82 Å². The summed E-state index contributed by atoms with van der Waals surface area (Å²) in [5.74, 6) is 0.752. The Labute approximate surface area is 160 Å². The first-order chi connectivity index (χ1) is 12.4. The number of carbonyl (C=O) groups is 1. The van der Waals surface area contributed by atoms with Crippen LogP contribution in [0.1, 0.15) is 26.6 Å². The van der Waals surface area contributed by atoms with Crippen LogP contribution in [0.15, 0.2) is 18.2 Å². The Morgan fingerprint density at radius 2 is 2.04 bits per heavy atom. The Morgan fingerprint density at radius 3 is 2.69 bits per heavy atom. The lowest BCUT2D eigenvalue weighted by Gasteiger charge is -2.08. The number of halogens is 1. The van der Waals surface area contributed by atoms with E-state index in [4.69, 9.17) is 21.1 Å². The number of benzene rings is 1. The van der Waals surface area contributed by atoms with Crippen LogP contribution in [0.3, 0.4) is 0 Å². The Hall–Kier alpha value is -2.22. The minimum atomic E-state index is -0.203. The van der Waals surface area contributed by atoms with Crippen LogP contribution in [0.5, 0.6) is 5.88 Å². The van der Waals surface area contributed by atoms with E-state index >= 15 is 0 Å². The summed E-state index contributed by atoms with van der Waals surface area (Å²) < 4.78 is 10.5. The molecule has 1 N–H and O–H groups in total. The molecule has 1 amide bonds. The molecule has 3 aromatic rings. The molecule has 0 fully saturated rings. The van der Waals surface area contributed by atoms with Crippen LogP contribution in [-0.4, -0.2) is 30.1 Å². The zero-order valence-corrected chi connectivity index (χ0v) is 16.4. The molecular weight excluding hydrogens is 374 g/mol. The number of nitrogens with one attached hydrogen (secondary N) is 1. The van der Waals surface area contributed by atoms with Crippen molar-refractivity contribution in [1.82, 2.24) is 9.97 Å². The van der Waals surface area contributed by atoms with E-state index in [0.29, 0.717) is 26.4 Å². The summed E-state index contributed by atoms with van der Waals surface area (Å²) >= 11 is 7.28.